The fourth-order valence-corrected chi connectivity index (χ4v) is 5.69. The lowest BCUT2D eigenvalue weighted by Gasteiger charge is -2.40. The zero-order chi connectivity index (χ0) is 27.7. The first-order chi connectivity index (χ1) is 17.9. The van der Waals surface area contributed by atoms with Crippen molar-refractivity contribution < 1.29 is 36.8 Å². The van der Waals surface area contributed by atoms with E-state index in [2.05, 4.69) is 10.6 Å². The number of hydrogen-bond acceptors (Lipinski definition) is 5. The van der Waals surface area contributed by atoms with Gasteiger partial charge in [0.05, 0.1) is 53.3 Å². The Morgan fingerprint density at radius 3 is 2.58 bits per heavy atom. The second-order valence-corrected chi connectivity index (χ2v) is 11.3. The third-order valence-corrected chi connectivity index (χ3v) is 8.42. The normalized spacial score (nSPS) is 18.6. The molecule has 2 N–H and O–H groups in total. The summed E-state index contributed by atoms with van der Waals surface area (Å²) in [6.45, 7) is 2.53. The first-order valence-corrected chi connectivity index (χ1v) is 13.4. The highest BCUT2D eigenvalue weighted by Gasteiger charge is 2.49. The lowest BCUT2D eigenvalue weighted by atomic mass is 10.1. The van der Waals surface area contributed by atoms with Crippen molar-refractivity contribution in [3.63, 3.8) is 0 Å². The van der Waals surface area contributed by atoms with Crippen molar-refractivity contribution in [1.29, 1.82) is 0 Å². The van der Waals surface area contributed by atoms with Gasteiger partial charge in [0.1, 0.15) is 6.61 Å². The molecule has 0 spiro atoms. The molecule has 0 radical (unpaired) electrons. The maximum atomic E-state index is 14.1. The minimum atomic E-state index is -4.78. The molecule has 2 aliphatic rings. The molecule has 1 saturated carbocycles. The van der Waals surface area contributed by atoms with Gasteiger partial charge in [0.15, 0.2) is 6.04 Å². The number of hydrogen-bond donors (Lipinski definition) is 2. The average molecular weight is 574 g/mol. The second kappa shape index (κ2) is 11.2. The van der Waals surface area contributed by atoms with Crippen molar-refractivity contribution in [2.75, 3.05) is 50.1 Å². The zero-order valence-corrected chi connectivity index (χ0v) is 22.5. The van der Waals surface area contributed by atoms with Gasteiger partial charge in [0.2, 0.25) is 0 Å². The number of carbonyl (C=O) groups excluding carboxylic acids is 3. The number of anilines is 2. The monoisotopic (exact) mass is 573 g/mol. The molecule has 1 unspecified atom stereocenters. The van der Waals surface area contributed by atoms with Gasteiger partial charge in [-0.15, -0.1) is 11.3 Å². The Kier molecular flexibility index (Phi) is 8.36. The molecule has 2 atom stereocenters. The summed E-state index contributed by atoms with van der Waals surface area (Å²) >= 11 is 7.02. The predicted molar refractivity (Wildman–Crippen MR) is 138 cm³/mol. The number of halogens is 4. The van der Waals surface area contributed by atoms with Crippen molar-refractivity contribution in [1.82, 2.24) is 5.32 Å². The highest BCUT2D eigenvalue weighted by molar-refractivity contribution is 7.18. The number of rotatable bonds is 9. The summed E-state index contributed by atoms with van der Waals surface area (Å²) in [6, 6.07) is 5.89. The van der Waals surface area contributed by atoms with E-state index in [1.807, 2.05) is 14.0 Å². The Hall–Kier alpha value is -2.67. The average Bonchev–Trinajstić information content (AvgIpc) is 3.64. The molecule has 206 valence electrons. The topological polar surface area (TPSA) is 87.7 Å². The van der Waals surface area contributed by atoms with Crippen LogP contribution in [0.5, 0.6) is 0 Å². The molecule has 3 amide bonds. The summed E-state index contributed by atoms with van der Waals surface area (Å²) in [7, 11) is 1.88. The Balaban J connectivity index is 1.60. The van der Waals surface area contributed by atoms with Gasteiger partial charge in [-0.2, -0.15) is 13.2 Å². The van der Waals surface area contributed by atoms with Crippen LogP contribution in [0.25, 0.3) is 0 Å². The van der Waals surface area contributed by atoms with E-state index in [4.69, 9.17) is 16.3 Å². The number of alkyl halides is 3. The molecule has 2 aromatic rings. The number of carbonyl (C=O) groups is 3. The molecule has 0 bridgehead atoms. The van der Waals surface area contributed by atoms with Crippen LogP contribution in [0.4, 0.5) is 24.5 Å². The van der Waals surface area contributed by atoms with Crippen LogP contribution in [0.3, 0.4) is 0 Å². The maximum absolute atomic E-state index is 14.1. The molecule has 38 heavy (non-hydrogen) atoms. The fraction of sp³-hybridized carbons (Fsp3) is 0.480. The summed E-state index contributed by atoms with van der Waals surface area (Å²) in [6.07, 6.45) is -3.01. The van der Waals surface area contributed by atoms with Crippen molar-refractivity contribution in [2.45, 2.75) is 38.0 Å². The van der Waals surface area contributed by atoms with Gasteiger partial charge in [-0.25, -0.2) is 0 Å². The number of amides is 3. The van der Waals surface area contributed by atoms with Crippen LogP contribution in [0.15, 0.2) is 30.3 Å². The van der Waals surface area contributed by atoms with E-state index in [0.717, 1.165) is 36.3 Å². The second-order valence-electron chi connectivity index (χ2n) is 9.54. The van der Waals surface area contributed by atoms with Gasteiger partial charge in [0.25, 0.3) is 17.7 Å². The third-order valence-electron chi connectivity index (χ3n) is 7.19. The number of thiophene rings is 1. The molecular weight excluding hydrogens is 545 g/mol. The molecule has 8 nitrogen and oxygen atoms in total. The Morgan fingerprint density at radius 1 is 1.26 bits per heavy atom. The van der Waals surface area contributed by atoms with E-state index >= 15 is 0 Å². The van der Waals surface area contributed by atoms with Crippen LogP contribution in [0.1, 0.15) is 35.0 Å². The summed E-state index contributed by atoms with van der Waals surface area (Å²) in [5.41, 5.74) is -1.39. The van der Waals surface area contributed by atoms with Gasteiger partial charge >= 0.3 is 6.18 Å². The SMILES string of the molecule is CC[N@@+](C)(C1CC1)C(CNC(=O)c1ccc(Cl)s1)C(=O)Nc1ccc(N2CCOCC2=O)cc1C(F)(F)F. The number of likely N-dealkylation sites (N-methyl/N-ethyl adjacent to an activating group) is 1. The predicted octanol–water partition coefficient (Wildman–Crippen LogP) is 4.15. The fourth-order valence-electron chi connectivity index (χ4n) is 4.73. The van der Waals surface area contributed by atoms with Crippen molar-refractivity contribution >= 4 is 52.0 Å². The largest absolute Gasteiger partial charge is 0.418 e. The molecule has 1 aliphatic carbocycles. The van der Waals surface area contributed by atoms with Crippen molar-refractivity contribution in [3.8, 4) is 0 Å². The van der Waals surface area contributed by atoms with Crippen LogP contribution in [0, 0.1) is 0 Å². The van der Waals surface area contributed by atoms with Crippen LogP contribution < -0.4 is 15.5 Å². The summed E-state index contributed by atoms with van der Waals surface area (Å²) in [4.78, 5) is 40.0. The van der Waals surface area contributed by atoms with Gasteiger partial charge in [-0.3, -0.25) is 14.4 Å². The van der Waals surface area contributed by atoms with E-state index in [-0.39, 0.29) is 42.5 Å². The van der Waals surface area contributed by atoms with Gasteiger partial charge in [-0.05, 0) is 37.3 Å². The van der Waals surface area contributed by atoms with Gasteiger partial charge < -0.3 is 24.8 Å². The number of quaternary nitrogens is 1. The first-order valence-electron chi connectivity index (χ1n) is 12.2. The molecule has 1 aromatic heterocycles. The van der Waals surface area contributed by atoms with Crippen LogP contribution in [-0.2, 0) is 20.5 Å². The molecule has 4 rings (SSSR count). The number of ether oxygens (including phenoxy) is 1. The molecule has 13 heteroatoms. The van der Waals surface area contributed by atoms with E-state index < -0.39 is 41.2 Å². The molecule has 2 fully saturated rings. The lowest BCUT2D eigenvalue weighted by Crippen LogP contribution is -2.62. The maximum Gasteiger partial charge on any atom is 0.418 e. The standard InChI is InChI=1S/C25H28ClF3N4O4S/c1-3-33(2,16-5-6-16)19(13-30-24(36)20-8-9-21(26)38-20)23(35)31-18-7-4-15(12-17(18)25(27,28)29)32-10-11-37-14-22(32)34/h4,7-9,12,16,19H,3,5-6,10-11,13-14H2,1-2H3,(H-,30,31,35,36)/p+1/t19?,33-/m0/s1. The molecule has 1 saturated heterocycles. The summed E-state index contributed by atoms with van der Waals surface area (Å²) < 4.78 is 48.0. The zero-order valence-electron chi connectivity index (χ0n) is 20.9. The Labute approximate surface area is 227 Å². The summed E-state index contributed by atoms with van der Waals surface area (Å²) in [5, 5.41) is 5.24. The minimum Gasteiger partial charge on any atom is -0.370 e. The van der Waals surface area contributed by atoms with Gasteiger partial charge in [-0.1, -0.05) is 11.6 Å². The molecule has 1 aliphatic heterocycles. The highest BCUT2D eigenvalue weighted by atomic mass is 35.5. The number of morpholine rings is 1. The molecule has 1 aromatic carbocycles. The number of benzene rings is 1. The third kappa shape index (κ3) is 6.14. The van der Waals surface area contributed by atoms with Crippen molar-refractivity contribution in [3.05, 3.63) is 45.1 Å². The minimum absolute atomic E-state index is 0.0667. The first kappa shape index (κ1) is 28.3. The Bertz CT molecular complexity index is 1220. The van der Waals surface area contributed by atoms with E-state index in [9.17, 15) is 27.6 Å². The summed E-state index contributed by atoms with van der Waals surface area (Å²) in [5.74, 6) is -1.48. The van der Waals surface area contributed by atoms with E-state index in [1.165, 1.54) is 11.0 Å². The lowest BCUT2D eigenvalue weighted by molar-refractivity contribution is -0.931. The van der Waals surface area contributed by atoms with Crippen molar-refractivity contribution in [2.24, 2.45) is 0 Å². The Morgan fingerprint density at radius 2 is 2.00 bits per heavy atom. The molecule has 2 heterocycles. The van der Waals surface area contributed by atoms with E-state index in [1.54, 1.807) is 12.1 Å². The highest BCUT2D eigenvalue weighted by Crippen LogP contribution is 2.39. The molecular formula is C25H29ClF3N4O4S+. The number of nitrogens with zero attached hydrogens (tertiary/aromatic N) is 2. The van der Waals surface area contributed by atoms with Crippen LogP contribution in [-0.4, -0.2) is 74.2 Å². The quantitative estimate of drug-likeness (QED) is 0.441. The smallest absolute Gasteiger partial charge is 0.370 e. The number of nitrogens with one attached hydrogen (secondary N) is 2. The van der Waals surface area contributed by atoms with Crippen LogP contribution >= 0.6 is 22.9 Å². The van der Waals surface area contributed by atoms with Crippen LogP contribution in [0.2, 0.25) is 4.34 Å². The van der Waals surface area contributed by atoms with Gasteiger partial charge in [0, 0.05) is 25.1 Å². The van der Waals surface area contributed by atoms with E-state index in [0.29, 0.717) is 15.8 Å².